The summed E-state index contributed by atoms with van der Waals surface area (Å²) in [6, 6.07) is 7.78. The lowest BCUT2D eigenvalue weighted by atomic mass is 10.2. The molecule has 2 rings (SSSR count). The van der Waals surface area contributed by atoms with Crippen molar-refractivity contribution in [3.63, 3.8) is 0 Å². The summed E-state index contributed by atoms with van der Waals surface area (Å²) in [6.45, 7) is 8.77. The van der Waals surface area contributed by atoms with Crippen molar-refractivity contribution in [2.75, 3.05) is 19.8 Å². The van der Waals surface area contributed by atoms with E-state index in [1.807, 2.05) is 49.7 Å². The summed E-state index contributed by atoms with van der Waals surface area (Å²) in [5, 5.41) is 13.1. The van der Waals surface area contributed by atoms with Crippen LogP contribution in [0.1, 0.15) is 35.9 Å². The molecule has 0 saturated heterocycles. The van der Waals surface area contributed by atoms with Crippen molar-refractivity contribution < 1.29 is 4.74 Å². The molecule has 0 atom stereocenters. The van der Waals surface area contributed by atoms with Crippen molar-refractivity contribution in [1.82, 2.24) is 20.5 Å². The average Bonchev–Trinajstić information content (AvgIpc) is 2.91. The quantitative estimate of drug-likeness (QED) is 0.288. The highest BCUT2D eigenvalue weighted by molar-refractivity contribution is 7.80. The molecule has 6 nitrogen and oxygen atoms in total. The van der Waals surface area contributed by atoms with Crippen LogP contribution in [0.5, 0.6) is 0 Å². The van der Waals surface area contributed by atoms with Crippen LogP contribution in [0.15, 0.2) is 29.4 Å². The van der Waals surface area contributed by atoms with Gasteiger partial charge in [-0.25, -0.2) is 0 Å². The number of nitrogens with zero attached hydrogens (tertiary/aromatic N) is 3. The van der Waals surface area contributed by atoms with Gasteiger partial charge in [0.1, 0.15) is 0 Å². The fourth-order valence-electron chi connectivity index (χ4n) is 2.55. The Kier molecular flexibility index (Phi) is 8.71. The highest BCUT2D eigenvalue weighted by Gasteiger charge is 2.11. The zero-order chi connectivity index (χ0) is 19.6. The van der Waals surface area contributed by atoms with Crippen LogP contribution < -0.4 is 10.7 Å². The van der Waals surface area contributed by atoms with Gasteiger partial charge in [0, 0.05) is 36.0 Å². The molecule has 1 heterocycles. The number of nitrogens with one attached hydrogen (secondary N) is 2. The van der Waals surface area contributed by atoms with Crippen LogP contribution in [0.25, 0.3) is 0 Å². The van der Waals surface area contributed by atoms with Crippen LogP contribution >= 0.6 is 23.8 Å². The van der Waals surface area contributed by atoms with Gasteiger partial charge in [0.25, 0.3) is 0 Å². The third-order valence-electron chi connectivity index (χ3n) is 4.03. The SMILES string of the molecule is CCOCCCNC(=S)N/N=C\c1c(C)nn(Cc2ccccc2Cl)c1C. The zero-order valence-electron chi connectivity index (χ0n) is 16.0. The van der Waals surface area contributed by atoms with E-state index in [-0.39, 0.29) is 0 Å². The predicted molar refractivity (Wildman–Crippen MR) is 115 cm³/mol. The van der Waals surface area contributed by atoms with E-state index in [1.165, 1.54) is 0 Å². The van der Waals surface area contributed by atoms with E-state index in [0.717, 1.165) is 53.7 Å². The highest BCUT2D eigenvalue weighted by Crippen LogP contribution is 2.18. The third kappa shape index (κ3) is 6.61. The normalized spacial score (nSPS) is 11.1. The molecule has 1 aromatic carbocycles. The minimum absolute atomic E-state index is 0.488. The largest absolute Gasteiger partial charge is 0.382 e. The lowest BCUT2D eigenvalue weighted by Gasteiger charge is -2.07. The Morgan fingerprint density at radius 1 is 1.37 bits per heavy atom. The molecular weight excluding hydrogens is 382 g/mol. The molecule has 1 aromatic heterocycles. The number of benzene rings is 1. The standard InChI is InChI=1S/C19H26ClN5OS/c1-4-26-11-7-10-21-19(27)23-22-12-17-14(2)24-25(15(17)3)13-16-8-5-6-9-18(16)20/h5-6,8-9,12H,4,7,10-11,13H2,1-3H3,(H2,21,23,27)/b22-12-. The highest BCUT2D eigenvalue weighted by atomic mass is 35.5. The van der Waals surface area contributed by atoms with E-state index >= 15 is 0 Å². The van der Waals surface area contributed by atoms with Crippen molar-refractivity contribution in [3.05, 3.63) is 51.8 Å². The van der Waals surface area contributed by atoms with Crippen molar-refractivity contribution in [1.29, 1.82) is 0 Å². The number of hydrazone groups is 1. The van der Waals surface area contributed by atoms with E-state index in [0.29, 0.717) is 11.7 Å². The fourth-order valence-corrected chi connectivity index (χ4v) is 2.91. The predicted octanol–water partition coefficient (Wildman–Crippen LogP) is 3.43. The molecule has 2 aromatic rings. The van der Waals surface area contributed by atoms with Gasteiger partial charge in [0.15, 0.2) is 5.11 Å². The van der Waals surface area contributed by atoms with Crippen molar-refractivity contribution in [2.24, 2.45) is 5.10 Å². The Balaban J connectivity index is 1.91. The number of hydrogen-bond acceptors (Lipinski definition) is 4. The van der Waals surface area contributed by atoms with E-state index in [1.54, 1.807) is 6.21 Å². The van der Waals surface area contributed by atoms with Crippen LogP contribution in [0.3, 0.4) is 0 Å². The Hall–Kier alpha value is -1.96. The Labute approximate surface area is 170 Å². The molecule has 0 spiro atoms. The molecule has 0 unspecified atom stereocenters. The van der Waals surface area contributed by atoms with Crippen LogP contribution in [-0.4, -0.2) is 40.9 Å². The smallest absolute Gasteiger partial charge is 0.186 e. The van der Waals surface area contributed by atoms with E-state index in [2.05, 4.69) is 20.9 Å². The second-order valence-electron chi connectivity index (χ2n) is 6.01. The van der Waals surface area contributed by atoms with Crippen molar-refractivity contribution >= 4 is 35.1 Å². The molecule has 2 N–H and O–H groups in total. The van der Waals surface area contributed by atoms with Gasteiger partial charge in [-0.1, -0.05) is 29.8 Å². The van der Waals surface area contributed by atoms with Gasteiger partial charge >= 0.3 is 0 Å². The number of hydrogen-bond donors (Lipinski definition) is 2. The molecule has 0 saturated carbocycles. The van der Waals surface area contributed by atoms with Crippen LogP contribution in [0.2, 0.25) is 5.02 Å². The van der Waals surface area contributed by atoms with Gasteiger partial charge in [0.2, 0.25) is 0 Å². The number of halogens is 1. The summed E-state index contributed by atoms with van der Waals surface area (Å²) >= 11 is 11.5. The summed E-state index contributed by atoms with van der Waals surface area (Å²) in [7, 11) is 0. The summed E-state index contributed by atoms with van der Waals surface area (Å²) in [5.74, 6) is 0. The first kappa shape index (κ1) is 21.3. The first-order valence-electron chi connectivity index (χ1n) is 8.95. The molecule has 0 aliphatic heterocycles. The Morgan fingerprint density at radius 3 is 2.89 bits per heavy atom. The van der Waals surface area contributed by atoms with Gasteiger partial charge < -0.3 is 10.1 Å². The third-order valence-corrected chi connectivity index (χ3v) is 4.63. The first-order chi connectivity index (χ1) is 13.0. The van der Waals surface area contributed by atoms with Gasteiger partial charge in [-0.05, 0) is 51.0 Å². The number of ether oxygens (including phenoxy) is 1. The molecular formula is C19H26ClN5OS. The molecule has 146 valence electrons. The van der Waals surface area contributed by atoms with Crippen molar-refractivity contribution in [2.45, 2.75) is 33.7 Å². The molecule has 0 aliphatic rings. The number of thiocarbonyl (C=S) groups is 1. The molecule has 0 radical (unpaired) electrons. The number of aryl methyl sites for hydroxylation is 1. The minimum Gasteiger partial charge on any atom is -0.382 e. The van der Waals surface area contributed by atoms with Crippen LogP contribution in [0, 0.1) is 13.8 Å². The maximum atomic E-state index is 6.25. The maximum absolute atomic E-state index is 6.25. The topological polar surface area (TPSA) is 63.5 Å². The van der Waals surface area contributed by atoms with Gasteiger partial charge in [-0.3, -0.25) is 10.1 Å². The zero-order valence-corrected chi connectivity index (χ0v) is 17.5. The second-order valence-corrected chi connectivity index (χ2v) is 6.83. The molecule has 8 heteroatoms. The lowest BCUT2D eigenvalue weighted by Crippen LogP contribution is -2.33. The van der Waals surface area contributed by atoms with Crippen LogP contribution in [0.4, 0.5) is 0 Å². The summed E-state index contributed by atoms with van der Waals surface area (Å²) in [5.41, 5.74) is 6.76. The molecule has 0 bridgehead atoms. The summed E-state index contributed by atoms with van der Waals surface area (Å²) in [6.07, 6.45) is 2.64. The molecule has 0 amide bonds. The van der Waals surface area contributed by atoms with Crippen LogP contribution in [-0.2, 0) is 11.3 Å². The number of rotatable bonds is 9. The summed E-state index contributed by atoms with van der Waals surface area (Å²) < 4.78 is 7.21. The van der Waals surface area contributed by atoms with E-state index < -0.39 is 0 Å². The number of aromatic nitrogens is 2. The maximum Gasteiger partial charge on any atom is 0.186 e. The second kappa shape index (κ2) is 11.0. The fraction of sp³-hybridized carbons (Fsp3) is 0.421. The molecule has 27 heavy (non-hydrogen) atoms. The molecule has 0 fully saturated rings. The Morgan fingerprint density at radius 2 is 2.15 bits per heavy atom. The molecule has 0 aliphatic carbocycles. The van der Waals surface area contributed by atoms with E-state index in [9.17, 15) is 0 Å². The Bertz CT molecular complexity index is 790. The lowest BCUT2D eigenvalue weighted by molar-refractivity contribution is 0.145. The average molecular weight is 408 g/mol. The van der Waals surface area contributed by atoms with E-state index in [4.69, 9.17) is 28.6 Å². The minimum atomic E-state index is 0.488. The monoisotopic (exact) mass is 407 g/mol. The summed E-state index contributed by atoms with van der Waals surface area (Å²) in [4.78, 5) is 0. The van der Waals surface area contributed by atoms with Gasteiger partial charge in [-0.15, -0.1) is 0 Å². The van der Waals surface area contributed by atoms with Crippen molar-refractivity contribution in [3.8, 4) is 0 Å². The van der Waals surface area contributed by atoms with Gasteiger partial charge in [0.05, 0.1) is 18.5 Å². The first-order valence-corrected chi connectivity index (χ1v) is 9.73. The van der Waals surface area contributed by atoms with Gasteiger partial charge in [-0.2, -0.15) is 10.2 Å².